The lowest BCUT2D eigenvalue weighted by Crippen LogP contribution is -2.25. The molecule has 1 saturated carbocycles. The SMILES string of the molecule is COc1ccc(NC2CCC(C#N)CC2)cc1C. The van der Waals surface area contributed by atoms with Crippen LogP contribution in [0.1, 0.15) is 31.2 Å². The molecule has 1 N–H and O–H groups in total. The van der Waals surface area contributed by atoms with Crippen LogP contribution in [0.2, 0.25) is 0 Å². The number of aryl methyl sites for hydroxylation is 1. The number of nitrogens with one attached hydrogen (secondary N) is 1. The molecule has 1 aliphatic carbocycles. The molecule has 1 fully saturated rings. The Morgan fingerprint density at radius 3 is 2.56 bits per heavy atom. The zero-order valence-electron chi connectivity index (χ0n) is 11.1. The molecule has 1 aromatic rings. The number of rotatable bonds is 3. The van der Waals surface area contributed by atoms with E-state index in [0.717, 1.165) is 42.7 Å². The van der Waals surface area contributed by atoms with Gasteiger partial charge in [0.05, 0.1) is 13.2 Å². The first-order chi connectivity index (χ1) is 8.72. The number of hydrogen-bond donors (Lipinski definition) is 1. The summed E-state index contributed by atoms with van der Waals surface area (Å²) in [7, 11) is 1.69. The summed E-state index contributed by atoms with van der Waals surface area (Å²) in [5.74, 6) is 1.19. The van der Waals surface area contributed by atoms with E-state index in [-0.39, 0.29) is 5.92 Å². The predicted molar refractivity (Wildman–Crippen MR) is 72.7 cm³/mol. The quantitative estimate of drug-likeness (QED) is 0.885. The Hall–Kier alpha value is -1.69. The minimum atomic E-state index is 0.264. The molecule has 0 atom stereocenters. The number of methoxy groups -OCH3 is 1. The van der Waals surface area contributed by atoms with Gasteiger partial charge in [0.15, 0.2) is 0 Å². The van der Waals surface area contributed by atoms with Gasteiger partial charge in [0.1, 0.15) is 5.75 Å². The highest BCUT2D eigenvalue weighted by Gasteiger charge is 2.20. The average Bonchev–Trinajstić information content (AvgIpc) is 2.40. The fourth-order valence-corrected chi connectivity index (χ4v) is 2.57. The molecule has 0 aromatic heterocycles. The first kappa shape index (κ1) is 12.8. The molecule has 0 radical (unpaired) electrons. The maximum Gasteiger partial charge on any atom is 0.121 e. The van der Waals surface area contributed by atoms with Crippen molar-refractivity contribution in [2.24, 2.45) is 5.92 Å². The van der Waals surface area contributed by atoms with Crippen molar-refractivity contribution < 1.29 is 4.74 Å². The summed E-state index contributed by atoms with van der Waals surface area (Å²) in [5, 5.41) is 12.4. The van der Waals surface area contributed by atoms with Crippen molar-refractivity contribution >= 4 is 5.69 Å². The molecule has 1 aliphatic rings. The van der Waals surface area contributed by atoms with Gasteiger partial charge in [-0.2, -0.15) is 5.26 Å². The third-order valence-corrected chi connectivity index (χ3v) is 3.68. The summed E-state index contributed by atoms with van der Waals surface area (Å²) in [6.45, 7) is 2.05. The van der Waals surface area contributed by atoms with Crippen LogP contribution in [0.4, 0.5) is 5.69 Å². The number of hydrogen-bond acceptors (Lipinski definition) is 3. The van der Waals surface area contributed by atoms with Crippen LogP contribution in [0.15, 0.2) is 18.2 Å². The van der Waals surface area contributed by atoms with E-state index in [9.17, 15) is 0 Å². The molecule has 0 spiro atoms. The van der Waals surface area contributed by atoms with Crippen LogP contribution in [0.3, 0.4) is 0 Å². The lowest BCUT2D eigenvalue weighted by molar-refractivity contribution is 0.397. The molecule has 0 bridgehead atoms. The smallest absolute Gasteiger partial charge is 0.121 e. The van der Waals surface area contributed by atoms with E-state index in [0.29, 0.717) is 6.04 Å². The molecule has 0 unspecified atom stereocenters. The molecule has 18 heavy (non-hydrogen) atoms. The van der Waals surface area contributed by atoms with Crippen LogP contribution in [-0.4, -0.2) is 13.2 Å². The van der Waals surface area contributed by atoms with Gasteiger partial charge in [-0.1, -0.05) is 0 Å². The van der Waals surface area contributed by atoms with Crippen molar-refractivity contribution in [1.82, 2.24) is 0 Å². The Bertz CT molecular complexity index is 442. The number of nitriles is 1. The number of nitrogens with zero attached hydrogens (tertiary/aromatic N) is 1. The average molecular weight is 244 g/mol. The highest BCUT2D eigenvalue weighted by Crippen LogP contribution is 2.27. The molecule has 3 nitrogen and oxygen atoms in total. The van der Waals surface area contributed by atoms with Crippen molar-refractivity contribution in [3.05, 3.63) is 23.8 Å². The van der Waals surface area contributed by atoms with Crippen LogP contribution in [-0.2, 0) is 0 Å². The van der Waals surface area contributed by atoms with Crippen molar-refractivity contribution in [3.63, 3.8) is 0 Å². The van der Waals surface area contributed by atoms with Gasteiger partial charge in [0.2, 0.25) is 0 Å². The molecule has 96 valence electrons. The van der Waals surface area contributed by atoms with Crippen molar-refractivity contribution in [3.8, 4) is 11.8 Å². The lowest BCUT2D eigenvalue weighted by Gasteiger charge is -2.26. The molecule has 0 aliphatic heterocycles. The maximum absolute atomic E-state index is 8.88. The van der Waals surface area contributed by atoms with Crippen LogP contribution in [0.25, 0.3) is 0 Å². The lowest BCUT2D eigenvalue weighted by atomic mass is 9.87. The fourth-order valence-electron chi connectivity index (χ4n) is 2.57. The standard InChI is InChI=1S/C15H20N2O/c1-11-9-14(7-8-15(11)18-2)17-13-5-3-12(10-16)4-6-13/h7-9,12-13,17H,3-6H2,1-2H3. The summed E-state index contributed by atoms with van der Waals surface area (Å²) in [6, 6.07) is 9.05. The summed E-state index contributed by atoms with van der Waals surface area (Å²) in [5.41, 5.74) is 2.29. The maximum atomic E-state index is 8.88. The summed E-state index contributed by atoms with van der Waals surface area (Å²) in [4.78, 5) is 0. The van der Waals surface area contributed by atoms with E-state index in [4.69, 9.17) is 10.00 Å². The number of anilines is 1. The monoisotopic (exact) mass is 244 g/mol. The second kappa shape index (κ2) is 5.77. The second-order valence-corrected chi connectivity index (χ2v) is 5.01. The van der Waals surface area contributed by atoms with Gasteiger partial charge in [0, 0.05) is 17.6 Å². The van der Waals surface area contributed by atoms with Gasteiger partial charge in [0.25, 0.3) is 0 Å². The van der Waals surface area contributed by atoms with E-state index in [2.05, 4.69) is 30.4 Å². The third kappa shape index (κ3) is 2.95. The highest BCUT2D eigenvalue weighted by molar-refractivity contribution is 5.51. The van der Waals surface area contributed by atoms with E-state index >= 15 is 0 Å². The summed E-state index contributed by atoms with van der Waals surface area (Å²) >= 11 is 0. The van der Waals surface area contributed by atoms with Gasteiger partial charge in [-0.15, -0.1) is 0 Å². The summed E-state index contributed by atoms with van der Waals surface area (Å²) in [6.07, 6.45) is 4.21. The minimum absolute atomic E-state index is 0.264. The molecule has 0 amide bonds. The Balaban J connectivity index is 1.94. The predicted octanol–water partition coefficient (Wildman–Crippen LogP) is 3.50. The van der Waals surface area contributed by atoms with Gasteiger partial charge in [-0.25, -0.2) is 0 Å². The Morgan fingerprint density at radius 1 is 1.28 bits per heavy atom. The van der Waals surface area contributed by atoms with Crippen LogP contribution >= 0.6 is 0 Å². The van der Waals surface area contributed by atoms with Gasteiger partial charge >= 0.3 is 0 Å². The van der Waals surface area contributed by atoms with Crippen molar-refractivity contribution in [2.75, 3.05) is 12.4 Å². The van der Waals surface area contributed by atoms with E-state index in [1.54, 1.807) is 7.11 Å². The molecule has 0 heterocycles. The second-order valence-electron chi connectivity index (χ2n) is 5.01. The Morgan fingerprint density at radius 2 is 2.00 bits per heavy atom. The molecule has 2 rings (SSSR count). The van der Waals surface area contributed by atoms with Gasteiger partial charge in [-0.3, -0.25) is 0 Å². The summed E-state index contributed by atoms with van der Waals surface area (Å²) < 4.78 is 5.25. The van der Waals surface area contributed by atoms with E-state index in [1.165, 1.54) is 0 Å². The highest BCUT2D eigenvalue weighted by atomic mass is 16.5. The Kier molecular flexibility index (Phi) is 4.09. The zero-order chi connectivity index (χ0) is 13.0. The number of ether oxygens (including phenoxy) is 1. The number of benzene rings is 1. The van der Waals surface area contributed by atoms with Crippen molar-refractivity contribution in [2.45, 2.75) is 38.6 Å². The first-order valence-corrected chi connectivity index (χ1v) is 6.53. The first-order valence-electron chi connectivity index (χ1n) is 6.53. The molecule has 1 aromatic carbocycles. The van der Waals surface area contributed by atoms with Gasteiger partial charge < -0.3 is 10.1 Å². The van der Waals surface area contributed by atoms with Gasteiger partial charge in [-0.05, 0) is 56.4 Å². The zero-order valence-corrected chi connectivity index (χ0v) is 11.1. The van der Waals surface area contributed by atoms with Crippen LogP contribution in [0.5, 0.6) is 5.75 Å². The Labute approximate surface area is 109 Å². The van der Waals surface area contributed by atoms with E-state index < -0.39 is 0 Å². The molecular formula is C15H20N2O. The molecule has 0 saturated heterocycles. The van der Waals surface area contributed by atoms with Crippen LogP contribution in [0, 0.1) is 24.2 Å². The van der Waals surface area contributed by atoms with Crippen LogP contribution < -0.4 is 10.1 Å². The molecule has 3 heteroatoms. The van der Waals surface area contributed by atoms with E-state index in [1.807, 2.05) is 6.07 Å². The fraction of sp³-hybridized carbons (Fsp3) is 0.533. The van der Waals surface area contributed by atoms with Crippen molar-refractivity contribution in [1.29, 1.82) is 5.26 Å². The minimum Gasteiger partial charge on any atom is -0.496 e. The third-order valence-electron chi connectivity index (χ3n) is 3.68. The normalized spacial score (nSPS) is 23.2. The largest absolute Gasteiger partial charge is 0.496 e. The molecular weight excluding hydrogens is 224 g/mol. The topological polar surface area (TPSA) is 45.0 Å².